The van der Waals surface area contributed by atoms with Gasteiger partial charge in [-0.2, -0.15) is 0 Å². The molecule has 0 radical (unpaired) electrons. The maximum absolute atomic E-state index is 12.5. The van der Waals surface area contributed by atoms with Gasteiger partial charge in [0.2, 0.25) is 11.8 Å². The van der Waals surface area contributed by atoms with E-state index in [0.29, 0.717) is 12.0 Å². The zero-order chi connectivity index (χ0) is 20.5. The first kappa shape index (κ1) is 19.9. The van der Waals surface area contributed by atoms with Crippen LogP contribution in [0.1, 0.15) is 61.5 Å². The Morgan fingerprint density at radius 1 is 1.17 bits per heavy atom. The summed E-state index contributed by atoms with van der Waals surface area (Å²) in [6.07, 6.45) is 4.68. The quantitative estimate of drug-likeness (QED) is 0.648. The first-order valence-corrected chi connectivity index (χ1v) is 11.1. The van der Waals surface area contributed by atoms with Crippen molar-refractivity contribution in [1.82, 2.24) is 20.1 Å². The molecular formula is C21H27N5O2S. The number of para-hydroxylation sites is 1. The molecule has 1 aromatic heterocycles. The molecule has 1 aromatic carbocycles. The second kappa shape index (κ2) is 8.18. The van der Waals surface area contributed by atoms with Crippen LogP contribution in [0.25, 0.3) is 0 Å². The van der Waals surface area contributed by atoms with Crippen molar-refractivity contribution in [2.45, 2.75) is 68.8 Å². The number of amides is 2. The van der Waals surface area contributed by atoms with Crippen LogP contribution >= 0.6 is 11.8 Å². The molecule has 29 heavy (non-hydrogen) atoms. The van der Waals surface area contributed by atoms with Crippen molar-refractivity contribution in [3.8, 4) is 0 Å². The zero-order valence-electron chi connectivity index (χ0n) is 17.1. The minimum atomic E-state index is -0.350. The smallest absolute Gasteiger partial charge is 0.243 e. The van der Waals surface area contributed by atoms with Crippen molar-refractivity contribution in [2.75, 3.05) is 11.9 Å². The second-order valence-electron chi connectivity index (χ2n) is 8.01. The van der Waals surface area contributed by atoms with Gasteiger partial charge in [0.1, 0.15) is 5.82 Å². The van der Waals surface area contributed by atoms with Crippen LogP contribution in [0, 0.1) is 13.8 Å². The lowest BCUT2D eigenvalue weighted by molar-refractivity contribution is -0.123. The van der Waals surface area contributed by atoms with E-state index in [4.69, 9.17) is 0 Å². The number of carbonyl (C=O) groups is 2. The number of hydrogen-bond acceptors (Lipinski definition) is 5. The first-order chi connectivity index (χ1) is 13.9. The number of benzene rings is 1. The molecule has 154 valence electrons. The summed E-state index contributed by atoms with van der Waals surface area (Å²) in [6.45, 7) is 5.68. The Morgan fingerprint density at radius 3 is 2.48 bits per heavy atom. The third-order valence-electron chi connectivity index (χ3n) is 5.37. The van der Waals surface area contributed by atoms with Gasteiger partial charge in [-0.25, -0.2) is 0 Å². The van der Waals surface area contributed by atoms with Gasteiger partial charge in [0.05, 0.1) is 11.8 Å². The number of aryl methyl sites for hydroxylation is 2. The monoisotopic (exact) mass is 413 g/mol. The minimum Gasteiger partial charge on any atom is -0.346 e. The summed E-state index contributed by atoms with van der Waals surface area (Å²) in [5, 5.41) is 14.8. The Morgan fingerprint density at radius 2 is 1.86 bits per heavy atom. The van der Waals surface area contributed by atoms with Crippen molar-refractivity contribution in [3.05, 3.63) is 35.2 Å². The van der Waals surface area contributed by atoms with Gasteiger partial charge in [0.15, 0.2) is 5.16 Å². The predicted octanol–water partition coefficient (Wildman–Crippen LogP) is 3.34. The largest absolute Gasteiger partial charge is 0.346 e. The maximum atomic E-state index is 12.5. The van der Waals surface area contributed by atoms with Crippen LogP contribution in [0.4, 0.5) is 5.69 Å². The Kier molecular flexibility index (Phi) is 5.63. The van der Waals surface area contributed by atoms with Crippen LogP contribution in [-0.2, 0) is 9.59 Å². The number of carbonyl (C=O) groups excluding carboxylic acids is 2. The maximum Gasteiger partial charge on any atom is 0.243 e. The Bertz CT molecular complexity index is 913. The molecule has 7 nitrogen and oxygen atoms in total. The van der Waals surface area contributed by atoms with E-state index in [2.05, 4.69) is 25.4 Å². The predicted molar refractivity (Wildman–Crippen MR) is 113 cm³/mol. The normalized spacial score (nSPS) is 17.1. The van der Waals surface area contributed by atoms with Crippen LogP contribution in [0.2, 0.25) is 0 Å². The van der Waals surface area contributed by atoms with Gasteiger partial charge in [-0.3, -0.25) is 9.59 Å². The summed E-state index contributed by atoms with van der Waals surface area (Å²) in [5.74, 6) is 1.21. The number of nitrogens with zero attached hydrogens (tertiary/aromatic N) is 3. The topological polar surface area (TPSA) is 88.9 Å². The highest BCUT2D eigenvalue weighted by molar-refractivity contribution is 8.00. The fraction of sp³-hybridized carbons (Fsp3) is 0.524. The molecule has 1 heterocycles. The molecule has 0 spiro atoms. The molecule has 0 unspecified atom stereocenters. The van der Waals surface area contributed by atoms with Gasteiger partial charge >= 0.3 is 0 Å². The summed E-state index contributed by atoms with van der Waals surface area (Å²) >= 11 is 1.42. The van der Waals surface area contributed by atoms with E-state index in [9.17, 15) is 9.59 Å². The lowest BCUT2D eigenvalue weighted by atomic mass is 10.1. The van der Waals surface area contributed by atoms with Crippen LogP contribution < -0.4 is 10.6 Å². The average molecular weight is 414 g/mol. The van der Waals surface area contributed by atoms with Crippen LogP contribution in [0.5, 0.6) is 0 Å². The highest BCUT2D eigenvalue weighted by Gasteiger charge is 2.37. The highest BCUT2D eigenvalue weighted by Crippen LogP contribution is 2.46. The lowest BCUT2D eigenvalue weighted by Gasteiger charge is -2.14. The SMILES string of the molecule is Cc1cccc(C)c1NC(=O)CNC(=O)[C@@H](C)Sc1nnc(C2CC2)n1C1CC1. The fourth-order valence-corrected chi connectivity index (χ4v) is 4.33. The molecule has 2 N–H and O–H groups in total. The van der Waals surface area contributed by atoms with Crippen LogP contribution in [0.3, 0.4) is 0 Å². The zero-order valence-corrected chi connectivity index (χ0v) is 17.9. The van der Waals surface area contributed by atoms with Crippen molar-refractivity contribution < 1.29 is 9.59 Å². The lowest BCUT2D eigenvalue weighted by Crippen LogP contribution is -2.37. The van der Waals surface area contributed by atoms with Gasteiger partial charge in [-0.1, -0.05) is 30.0 Å². The number of thioether (sulfide) groups is 1. The van der Waals surface area contributed by atoms with Gasteiger partial charge in [-0.15, -0.1) is 10.2 Å². The summed E-state index contributed by atoms with van der Waals surface area (Å²) < 4.78 is 2.24. The van der Waals surface area contributed by atoms with Gasteiger partial charge in [-0.05, 0) is 57.6 Å². The molecule has 2 amide bonds. The van der Waals surface area contributed by atoms with Crippen LogP contribution in [0.15, 0.2) is 23.4 Å². The number of hydrogen-bond donors (Lipinski definition) is 2. The molecule has 2 saturated carbocycles. The molecule has 2 fully saturated rings. The molecule has 2 aliphatic rings. The van der Waals surface area contributed by atoms with Crippen LogP contribution in [-0.4, -0.2) is 38.4 Å². The van der Waals surface area contributed by atoms with Gasteiger partial charge in [0.25, 0.3) is 0 Å². The first-order valence-electron chi connectivity index (χ1n) is 10.2. The van der Waals surface area contributed by atoms with E-state index in [1.165, 1.54) is 24.6 Å². The van der Waals surface area contributed by atoms with Gasteiger partial charge < -0.3 is 15.2 Å². The molecule has 0 bridgehead atoms. The summed E-state index contributed by atoms with van der Waals surface area (Å²) in [5.41, 5.74) is 2.80. The number of nitrogens with one attached hydrogen (secondary N) is 2. The number of aromatic nitrogens is 3. The van der Waals surface area contributed by atoms with E-state index >= 15 is 0 Å². The van der Waals surface area contributed by atoms with Crippen molar-refractivity contribution in [3.63, 3.8) is 0 Å². The summed E-state index contributed by atoms with van der Waals surface area (Å²) in [6, 6.07) is 6.34. The van der Waals surface area contributed by atoms with Crippen molar-refractivity contribution in [2.24, 2.45) is 0 Å². The molecular weight excluding hydrogens is 386 g/mol. The third-order valence-corrected chi connectivity index (χ3v) is 6.42. The fourth-order valence-electron chi connectivity index (χ4n) is 3.38. The molecule has 2 aromatic rings. The average Bonchev–Trinajstić information content (AvgIpc) is 3.62. The Balaban J connectivity index is 1.32. The number of anilines is 1. The second-order valence-corrected chi connectivity index (χ2v) is 9.32. The number of rotatable bonds is 8. The van der Waals surface area contributed by atoms with E-state index in [0.717, 1.165) is 40.6 Å². The molecule has 0 saturated heterocycles. The molecule has 8 heteroatoms. The van der Waals surface area contributed by atoms with Crippen molar-refractivity contribution >= 4 is 29.3 Å². The molecule has 1 atom stereocenters. The van der Waals surface area contributed by atoms with E-state index in [-0.39, 0.29) is 23.6 Å². The summed E-state index contributed by atoms with van der Waals surface area (Å²) in [4.78, 5) is 24.8. The summed E-state index contributed by atoms with van der Waals surface area (Å²) in [7, 11) is 0. The Hall–Kier alpha value is -2.35. The molecule has 0 aliphatic heterocycles. The van der Waals surface area contributed by atoms with E-state index in [1.807, 2.05) is 39.0 Å². The van der Waals surface area contributed by atoms with E-state index in [1.54, 1.807) is 0 Å². The van der Waals surface area contributed by atoms with Gasteiger partial charge in [0, 0.05) is 17.6 Å². The Labute approximate surface area is 175 Å². The standard InChI is InChI=1S/C21H27N5O2S/c1-12-5-4-6-13(2)18(12)23-17(27)11-22-20(28)14(3)29-21-25-24-19(15-7-8-15)26(21)16-9-10-16/h4-6,14-16H,7-11H2,1-3H3,(H,22,28)(H,23,27)/t14-/m1/s1. The molecule has 2 aliphatic carbocycles. The highest BCUT2D eigenvalue weighted by atomic mass is 32.2. The van der Waals surface area contributed by atoms with Crippen molar-refractivity contribution in [1.29, 1.82) is 0 Å². The van der Waals surface area contributed by atoms with E-state index < -0.39 is 0 Å². The third kappa shape index (κ3) is 4.63. The molecule has 4 rings (SSSR count). The minimum absolute atomic E-state index is 0.0554.